The van der Waals surface area contributed by atoms with Crippen LogP contribution >= 0.6 is 0 Å². The van der Waals surface area contributed by atoms with E-state index in [4.69, 9.17) is 9.26 Å². The minimum Gasteiger partial charge on any atom is -0.481 e. The summed E-state index contributed by atoms with van der Waals surface area (Å²) in [5.41, 5.74) is 1.16. The van der Waals surface area contributed by atoms with Gasteiger partial charge in [-0.2, -0.15) is 4.98 Å². The highest BCUT2D eigenvalue weighted by Gasteiger charge is 2.15. The van der Waals surface area contributed by atoms with Crippen molar-refractivity contribution in [2.75, 3.05) is 6.61 Å². The molecule has 0 aliphatic carbocycles. The number of amides is 1. The van der Waals surface area contributed by atoms with Crippen molar-refractivity contribution < 1.29 is 18.4 Å². The SMILES string of the molecule is Cc1noc(-c2cccn3c(CNC(=O)COc4ccccc4F)nnc23)n1. The van der Waals surface area contributed by atoms with E-state index >= 15 is 0 Å². The molecular formula is C18H15FN6O3. The summed E-state index contributed by atoms with van der Waals surface area (Å²) in [7, 11) is 0. The molecule has 0 atom stereocenters. The van der Waals surface area contributed by atoms with Gasteiger partial charge in [0.25, 0.3) is 11.8 Å². The van der Waals surface area contributed by atoms with Crippen LogP contribution in [0.4, 0.5) is 4.39 Å². The molecule has 4 rings (SSSR count). The Morgan fingerprint density at radius 1 is 1.25 bits per heavy atom. The van der Waals surface area contributed by atoms with Gasteiger partial charge in [0.15, 0.2) is 35.5 Å². The largest absolute Gasteiger partial charge is 0.481 e. The lowest BCUT2D eigenvalue weighted by molar-refractivity contribution is -0.123. The second kappa shape index (κ2) is 7.43. The Hall–Kier alpha value is -3.82. The lowest BCUT2D eigenvalue weighted by Crippen LogP contribution is -2.29. The molecule has 10 heteroatoms. The molecule has 0 radical (unpaired) electrons. The number of pyridine rings is 1. The summed E-state index contributed by atoms with van der Waals surface area (Å²) in [4.78, 5) is 16.2. The molecule has 1 N–H and O–H groups in total. The van der Waals surface area contributed by atoms with E-state index < -0.39 is 11.7 Å². The fourth-order valence-corrected chi connectivity index (χ4v) is 2.59. The first-order valence-corrected chi connectivity index (χ1v) is 8.39. The first kappa shape index (κ1) is 17.6. The number of ether oxygens (including phenoxy) is 1. The van der Waals surface area contributed by atoms with E-state index in [1.165, 1.54) is 12.1 Å². The summed E-state index contributed by atoms with van der Waals surface area (Å²) in [5, 5.41) is 14.7. The molecule has 0 aliphatic heterocycles. The van der Waals surface area contributed by atoms with Crippen LogP contribution in [0, 0.1) is 12.7 Å². The number of hydrogen-bond acceptors (Lipinski definition) is 7. The Labute approximate surface area is 158 Å². The van der Waals surface area contributed by atoms with Crippen molar-refractivity contribution in [1.29, 1.82) is 0 Å². The van der Waals surface area contributed by atoms with Crippen LogP contribution in [0.15, 0.2) is 47.1 Å². The molecule has 0 aliphatic rings. The highest BCUT2D eigenvalue weighted by molar-refractivity contribution is 5.77. The number of para-hydroxylation sites is 1. The fourth-order valence-electron chi connectivity index (χ4n) is 2.59. The molecule has 9 nitrogen and oxygen atoms in total. The van der Waals surface area contributed by atoms with Crippen molar-refractivity contribution in [2.45, 2.75) is 13.5 Å². The molecule has 0 unspecified atom stereocenters. The number of rotatable bonds is 6. The van der Waals surface area contributed by atoms with Crippen LogP contribution in [0.3, 0.4) is 0 Å². The van der Waals surface area contributed by atoms with Crippen LogP contribution in [0.25, 0.3) is 17.1 Å². The van der Waals surface area contributed by atoms with Gasteiger partial charge >= 0.3 is 0 Å². The average Bonchev–Trinajstić information content (AvgIpc) is 3.31. The normalized spacial score (nSPS) is 10.9. The number of fused-ring (bicyclic) bond motifs is 1. The van der Waals surface area contributed by atoms with Gasteiger partial charge in [0, 0.05) is 6.20 Å². The minimum atomic E-state index is -0.525. The van der Waals surface area contributed by atoms with Crippen molar-refractivity contribution in [1.82, 2.24) is 30.1 Å². The Kier molecular flexibility index (Phi) is 4.67. The van der Waals surface area contributed by atoms with E-state index in [2.05, 4.69) is 25.7 Å². The molecule has 28 heavy (non-hydrogen) atoms. The summed E-state index contributed by atoms with van der Waals surface area (Å²) >= 11 is 0. The van der Waals surface area contributed by atoms with Gasteiger partial charge in [-0.05, 0) is 31.2 Å². The van der Waals surface area contributed by atoms with Crippen LogP contribution in [0.2, 0.25) is 0 Å². The molecule has 142 valence electrons. The maximum absolute atomic E-state index is 13.5. The molecular weight excluding hydrogens is 367 g/mol. The molecule has 1 amide bonds. The lowest BCUT2D eigenvalue weighted by Gasteiger charge is -2.07. The molecule has 3 aromatic heterocycles. The number of aromatic nitrogens is 5. The third kappa shape index (κ3) is 3.52. The number of aryl methyl sites for hydroxylation is 1. The third-order valence-corrected chi connectivity index (χ3v) is 3.90. The van der Waals surface area contributed by atoms with E-state index in [-0.39, 0.29) is 18.9 Å². The van der Waals surface area contributed by atoms with Gasteiger partial charge < -0.3 is 14.6 Å². The van der Waals surface area contributed by atoms with Crippen molar-refractivity contribution in [2.24, 2.45) is 0 Å². The van der Waals surface area contributed by atoms with E-state index in [9.17, 15) is 9.18 Å². The first-order chi connectivity index (χ1) is 13.6. The molecule has 4 aromatic rings. The predicted molar refractivity (Wildman–Crippen MR) is 94.8 cm³/mol. The lowest BCUT2D eigenvalue weighted by atomic mass is 10.2. The number of nitrogens with one attached hydrogen (secondary N) is 1. The minimum absolute atomic E-state index is 0.0186. The number of nitrogens with zero attached hydrogens (tertiary/aromatic N) is 5. The van der Waals surface area contributed by atoms with Crippen LogP contribution < -0.4 is 10.1 Å². The van der Waals surface area contributed by atoms with Crippen LogP contribution in [0.5, 0.6) is 5.75 Å². The smallest absolute Gasteiger partial charge is 0.261 e. The zero-order valence-corrected chi connectivity index (χ0v) is 14.8. The van der Waals surface area contributed by atoms with E-state index in [1.54, 1.807) is 41.8 Å². The number of benzene rings is 1. The first-order valence-electron chi connectivity index (χ1n) is 8.39. The zero-order valence-electron chi connectivity index (χ0n) is 14.8. The van der Waals surface area contributed by atoms with Crippen LogP contribution in [0.1, 0.15) is 11.6 Å². The Morgan fingerprint density at radius 2 is 2.11 bits per heavy atom. The van der Waals surface area contributed by atoms with Gasteiger partial charge in [-0.1, -0.05) is 17.3 Å². The van der Waals surface area contributed by atoms with Gasteiger partial charge in [-0.15, -0.1) is 10.2 Å². The third-order valence-electron chi connectivity index (χ3n) is 3.90. The topological polar surface area (TPSA) is 107 Å². The molecule has 0 bridgehead atoms. The molecule has 1 aromatic carbocycles. The van der Waals surface area contributed by atoms with Crippen molar-refractivity contribution in [3.8, 4) is 17.2 Å². The Morgan fingerprint density at radius 3 is 2.89 bits per heavy atom. The van der Waals surface area contributed by atoms with Crippen molar-refractivity contribution in [3.05, 3.63) is 60.1 Å². The summed E-state index contributed by atoms with van der Waals surface area (Å²) in [5.74, 6) is 0.437. The van der Waals surface area contributed by atoms with Crippen molar-refractivity contribution in [3.63, 3.8) is 0 Å². The number of hydrogen-bond donors (Lipinski definition) is 1. The maximum atomic E-state index is 13.5. The summed E-state index contributed by atoms with van der Waals surface area (Å²) in [6.45, 7) is 1.53. The molecule has 0 saturated carbocycles. The van der Waals surface area contributed by atoms with Gasteiger partial charge in [0.2, 0.25) is 0 Å². The van der Waals surface area contributed by atoms with Crippen LogP contribution in [-0.4, -0.2) is 37.3 Å². The predicted octanol–water partition coefficient (Wildman–Crippen LogP) is 1.92. The number of carbonyl (C=O) groups excluding carboxylic acids is 1. The molecule has 0 fully saturated rings. The summed E-state index contributed by atoms with van der Waals surface area (Å²) in [6.07, 6.45) is 1.76. The highest BCUT2D eigenvalue weighted by atomic mass is 19.1. The Balaban J connectivity index is 1.44. The summed E-state index contributed by atoms with van der Waals surface area (Å²) in [6, 6.07) is 9.47. The van der Waals surface area contributed by atoms with E-state index in [0.29, 0.717) is 28.8 Å². The van der Waals surface area contributed by atoms with Gasteiger partial charge in [0.05, 0.1) is 12.1 Å². The quantitative estimate of drug-likeness (QED) is 0.543. The van der Waals surface area contributed by atoms with Crippen LogP contribution in [-0.2, 0) is 11.3 Å². The zero-order chi connectivity index (χ0) is 19.5. The molecule has 0 saturated heterocycles. The standard InChI is InChI=1S/C18H15FN6O3/c1-11-21-18(28-24-11)12-5-4-8-25-15(22-23-17(12)25)9-20-16(26)10-27-14-7-3-2-6-13(14)19/h2-8H,9-10H2,1H3,(H,20,26). The second-order valence-electron chi connectivity index (χ2n) is 5.87. The maximum Gasteiger partial charge on any atom is 0.261 e. The van der Waals surface area contributed by atoms with Gasteiger partial charge in [0.1, 0.15) is 0 Å². The number of halogens is 1. The monoisotopic (exact) mass is 382 g/mol. The van der Waals surface area contributed by atoms with Gasteiger partial charge in [-0.3, -0.25) is 9.20 Å². The molecule has 3 heterocycles. The van der Waals surface area contributed by atoms with E-state index in [0.717, 1.165) is 0 Å². The number of carbonyl (C=O) groups is 1. The van der Waals surface area contributed by atoms with Gasteiger partial charge in [-0.25, -0.2) is 4.39 Å². The fraction of sp³-hybridized carbons (Fsp3) is 0.167. The van der Waals surface area contributed by atoms with E-state index in [1.807, 2.05) is 0 Å². The van der Waals surface area contributed by atoms with Crippen molar-refractivity contribution >= 4 is 11.6 Å². The molecule has 0 spiro atoms. The Bertz CT molecular complexity index is 1140. The highest BCUT2D eigenvalue weighted by Crippen LogP contribution is 2.22. The average molecular weight is 382 g/mol. The second-order valence-corrected chi connectivity index (χ2v) is 5.87. The summed E-state index contributed by atoms with van der Waals surface area (Å²) < 4.78 is 25.6.